The van der Waals surface area contributed by atoms with E-state index in [1.54, 1.807) is 6.92 Å². The summed E-state index contributed by atoms with van der Waals surface area (Å²) in [5.74, 6) is -1.94. The molecule has 0 bridgehead atoms. The lowest BCUT2D eigenvalue weighted by Crippen LogP contribution is -2.48. The van der Waals surface area contributed by atoms with Crippen molar-refractivity contribution in [2.45, 2.75) is 32.0 Å². The third-order valence-corrected chi connectivity index (χ3v) is 6.53. The molecule has 0 aliphatic carbocycles. The van der Waals surface area contributed by atoms with E-state index in [1.807, 2.05) is 0 Å². The number of carbonyl (C=O) groups is 1. The van der Waals surface area contributed by atoms with Gasteiger partial charge >= 0.3 is 6.18 Å². The molecule has 2 heterocycles. The molecule has 1 aliphatic heterocycles. The van der Waals surface area contributed by atoms with Gasteiger partial charge in [0.2, 0.25) is 10.0 Å². The number of alkyl halides is 3. The van der Waals surface area contributed by atoms with E-state index in [0.29, 0.717) is 0 Å². The lowest BCUT2D eigenvalue weighted by atomic mass is 10.0. The van der Waals surface area contributed by atoms with E-state index in [-0.39, 0.29) is 43.2 Å². The summed E-state index contributed by atoms with van der Waals surface area (Å²) in [6, 6.07) is 4.39. The first-order valence-corrected chi connectivity index (χ1v) is 11.3. The van der Waals surface area contributed by atoms with Crippen molar-refractivity contribution in [3.05, 3.63) is 41.5 Å². The van der Waals surface area contributed by atoms with Gasteiger partial charge in [-0.25, -0.2) is 17.5 Å². The highest BCUT2D eigenvalue weighted by Crippen LogP contribution is 2.34. The lowest BCUT2D eigenvalue weighted by molar-refractivity contribution is -0.143. The Kier molecular flexibility index (Phi) is 6.37. The molecule has 0 saturated carbocycles. The van der Waals surface area contributed by atoms with Crippen LogP contribution in [0.1, 0.15) is 35.9 Å². The Morgan fingerprint density at radius 1 is 1.23 bits per heavy atom. The minimum Gasteiger partial charge on any atom is -0.337 e. The zero-order valence-corrected chi connectivity index (χ0v) is 17.6. The number of benzene rings is 1. The van der Waals surface area contributed by atoms with Gasteiger partial charge in [-0.2, -0.15) is 17.5 Å². The van der Waals surface area contributed by atoms with Crippen molar-refractivity contribution >= 4 is 15.9 Å². The summed E-state index contributed by atoms with van der Waals surface area (Å²) >= 11 is 0. The first kappa shape index (κ1) is 23.1. The van der Waals surface area contributed by atoms with Crippen LogP contribution in [-0.4, -0.2) is 70.5 Å². The molecule has 31 heavy (non-hydrogen) atoms. The molecule has 1 aromatic carbocycles. The molecule has 1 aliphatic rings. The third kappa shape index (κ3) is 4.71. The molecule has 1 aromatic heterocycles. The van der Waals surface area contributed by atoms with Gasteiger partial charge in [-0.15, -0.1) is 5.10 Å². The first-order valence-electron chi connectivity index (χ1n) is 9.49. The SMILES string of the molecule is CCN(C1CCN(C(=O)c2nnn(-c3ccccc3F)c2C(F)(F)F)CC1)S(C)(=O)=O. The van der Waals surface area contributed by atoms with Gasteiger partial charge in [-0.3, -0.25) is 4.79 Å². The minimum atomic E-state index is -5.01. The van der Waals surface area contributed by atoms with E-state index in [4.69, 9.17) is 0 Å². The molecule has 8 nitrogen and oxygen atoms in total. The van der Waals surface area contributed by atoms with Gasteiger partial charge in [-0.05, 0) is 25.0 Å². The van der Waals surface area contributed by atoms with Crippen LogP contribution in [0.2, 0.25) is 0 Å². The van der Waals surface area contributed by atoms with Crippen molar-refractivity contribution in [2.75, 3.05) is 25.9 Å². The highest BCUT2D eigenvalue weighted by atomic mass is 32.2. The molecule has 170 valence electrons. The van der Waals surface area contributed by atoms with E-state index in [1.165, 1.54) is 21.3 Å². The number of sulfonamides is 1. The molecule has 0 spiro atoms. The van der Waals surface area contributed by atoms with Crippen molar-refractivity contribution in [3.63, 3.8) is 0 Å². The Bertz CT molecular complexity index is 1060. The predicted octanol–water partition coefficient (Wildman–Crippen LogP) is 2.31. The normalized spacial score (nSPS) is 16.2. The number of aromatic nitrogens is 3. The fourth-order valence-corrected chi connectivity index (χ4v) is 4.96. The maximum Gasteiger partial charge on any atom is 0.435 e. The van der Waals surface area contributed by atoms with Crippen molar-refractivity contribution in [1.82, 2.24) is 24.2 Å². The summed E-state index contributed by atoms with van der Waals surface area (Å²) in [7, 11) is -3.44. The zero-order valence-electron chi connectivity index (χ0n) is 16.8. The number of hydrogen-bond donors (Lipinski definition) is 0. The number of amides is 1. The number of halogens is 4. The molecule has 0 radical (unpaired) electrons. The molecule has 2 aromatic rings. The van der Waals surface area contributed by atoms with E-state index in [2.05, 4.69) is 10.3 Å². The van der Waals surface area contributed by atoms with E-state index in [0.717, 1.165) is 18.4 Å². The van der Waals surface area contributed by atoms with E-state index in [9.17, 15) is 30.8 Å². The van der Waals surface area contributed by atoms with Crippen LogP contribution in [-0.2, 0) is 16.2 Å². The quantitative estimate of drug-likeness (QED) is 0.635. The summed E-state index contributed by atoms with van der Waals surface area (Å²) in [6.07, 6.45) is -3.38. The van der Waals surface area contributed by atoms with Crippen molar-refractivity contribution < 1.29 is 30.8 Å². The minimum absolute atomic E-state index is 0.0549. The van der Waals surface area contributed by atoms with Crippen LogP contribution >= 0.6 is 0 Å². The highest BCUT2D eigenvalue weighted by Gasteiger charge is 2.44. The standard InChI is InChI=1S/C18H21F4N5O3S/c1-3-26(31(2,29)30)12-8-10-25(11-9-12)17(28)15-16(18(20,21)22)27(24-23-15)14-7-5-4-6-13(14)19/h4-7,12H,3,8-11H2,1-2H3. The number of likely N-dealkylation sites (tertiary alicyclic amines) is 1. The van der Waals surface area contributed by atoms with Crippen LogP contribution in [0, 0.1) is 5.82 Å². The molecular formula is C18H21F4N5O3S. The van der Waals surface area contributed by atoms with Crippen LogP contribution in [0.15, 0.2) is 24.3 Å². The van der Waals surface area contributed by atoms with Gasteiger partial charge in [0.1, 0.15) is 11.5 Å². The third-order valence-electron chi connectivity index (χ3n) is 5.12. The Labute approximate surface area is 176 Å². The van der Waals surface area contributed by atoms with Crippen LogP contribution in [0.25, 0.3) is 5.69 Å². The molecule has 3 rings (SSSR count). The van der Waals surface area contributed by atoms with Crippen molar-refractivity contribution in [3.8, 4) is 5.69 Å². The Morgan fingerprint density at radius 3 is 2.35 bits per heavy atom. The maximum absolute atomic E-state index is 14.1. The number of hydrogen-bond acceptors (Lipinski definition) is 5. The van der Waals surface area contributed by atoms with E-state index < -0.39 is 45.0 Å². The second-order valence-electron chi connectivity index (χ2n) is 7.14. The summed E-state index contributed by atoms with van der Waals surface area (Å²) in [5, 5.41) is 6.80. The Morgan fingerprint density at radius 2 is 1.84 bits per heavy atom. The average Bonchev–Trinajstić information content (AvgIpc) is 3.13. The number of rotatable bonds is 5. The fraction of sp³-hybridized carbons (Fsp3) is 0.500. The number of carbonyl (C=O) groups excluding carboxylic acids is 1. The second kappa shape index (κ2) is 8.54. The topological polar surface area (TPSA) is 88.4 Å². The summed E-state index contributed by atoms with van der Waals surface area (Å²) in [5.41, 5.74) is -2.87. The molecule has 0 N–H and O–H groups in total. The summed E-state index contributed by atoms with van der Waals surface area (Å²) in [4.78, 5) is 14.0. The van der Waals surface area contributed by atoms with Gasteiger partial charge in [0.05, 0.1) is 6.26 Å². The van der Waals surface area contributed by atoms with Crippen LogP contribution in [0.3, 0.4) is 0 Å². The second-order valence-corrected chi connectivity index (χ2v) is 9.07. The molecule has 0 atom stereocenters. The van der Waals surface area contributed by atoms with Gasteiger partial charge in [-0.1, -0.05) is 24.3 Å². The Hall–Kier alpha value is -2.54. The fourth-order valence-electron chi connectivity index (χ4n) is 3.74. The number of piperidine rings is 1. The highest BCUT2D eigenvalue weighted by molar-refractivity contribution is 7.88. The van der Waals surface area contributed by atoms with Gasteiger partial charge in [0.25, 0.3) is 5.91 Å². The number of nitrogens with zero attached hydrogens (tertiary/aromatic N) is 5. The first-order chi connectivity index (χ1) is 14.4. The number of para-hydroxylation sites is 1. The molecule has 1 saturated heterocycles. The predicted molar refractivity (Wildman–Crippen MR) is 102 cm³/mol. The van der Waals surface area contributed by atoms with Gasteiger partial charge < -0.3 is 4.90 Å². The summed E-state index contributed by atoms with van der Waals surface area (Å²) in [6.45, 7) is 2.06. The van der Waals surface area contributed by atoms with Crippen LogP contribution < -0.4 is 0 Å². The van der Waals surface area contributed by atoms with Crippen molar-refractivity contribution in [2.24, 2.45) is 0 Å². The molecule has 0 unspecified atom stereocenters. The monoisotopic (exact) mass is 463 g/mol. The maximum atomic E-state index is 14.1. The largest absolute Gasteiger partial charge is 0.435 e. The molecule has 13 heteroatoms. The Balaban J connectivity index is 1.88. The zero-order chi connectivity index (χ0) is 23.0. The average molecular weight is 463 g/mol. The molecular weight excluding hydrogens is 442 g/mol. The summed E-state index contributed by atoms with van der Waals surface area (Å²) < 4.78 is 80.7. The smallest absolute Gasteiger partial charge is 0.337 e. The van der Waals surface area contributed by atoms with Gasteiger partial charge in [0, 0.05) is 25.7 Å². The molecule has 1 fully saturated rings. The van der Waals surface area contributed by atoms with Crippen molar-refractivity contribution in [1.29, 1.82) is 0 Å². The van der Waals surface area contributed by atoms with E-state index >= 15 is 0 Å². The van der Waals surface area contributed by atoms with Crippen LogP contribution in [0.4, 0.5) is 17.6 Å². The lowest BCUT2D eigenvalue weighted by Gasteiger charge is -2.36. The van der Waals surface area contributed by atoms with Crippen LogP contribution in [0.5, 0.6) is 0 Å². The van der Waals surface area contributed by atoms with Gasteiger partial charge in [0.15, 0.2) is 11.4 Å². The molecule has 1 amide bonds.